The number of nitrogens with one attached hydrogen (secondary N) is 3. The molecule has 210 valence electrons. The van der Waals surface area contributed by atoms with Gasteiger partial charge in [-0.25, -0.2) is 4.79 Å². The second kappa shape index (κ2) is 15.1. The molecular weight excluding hydrogens is 506 g/mol. The molecule has 15 heteroatoms. The summed E-state index contributed by atoms with van der Waals surface area (Å²) in [5.74, 6) is -6.42. The number of phenolic OH excluding ortho intramolecular Hbond substituents is 1. The van der Waals surface area contributed by atoms with Crippen LogP contribution in [0.5, 0.6) is 5.75 Å². The minimum Gasteiger partial charge on any atom is -0.508 e. The largest absolute Gasteiger partial charge is 0.508 e. The van der Waals surface area contributed by atoms with Crippen molar-refractivity contribution in [3.05, 3.63) is 29.8 Å². The van der Waals surface area contributed by atoms with Crippen LogP contribution in [0.15, 0.2) is 24.3 Å². The Labute approximate surface area is 217 Å². The van der Waals surface area contributed by atoms with Gasteiger partial charge in [-0.3, -0.25) is 24.0 Å². The number of rotatable bonds is 16. The van der Waals surface area contributed by atoms with Gasteiger partial charge in [-0.05, 0) is 37.5 Å². The molecule has 0 heterocycles. The lowest BCUT2D eigenvalue weighted by molar-refractivity contribution is -0.143. The summed E-state index contributed by atoms with van der Waals surface area (Å²) in [6.07, 6.45) is -3.00. The van der Waals surface area contributed by atoms with E-state index in [9.17, 15) is 44.1 Å². The molecule has 0 aliphatic heterocycles. The lowest BCUT2D eigenvalue weighted by Gasteiger charge is -2.26. The number of carboxylic acids is 2. The van der Waals surface area contributed by atoms with E-state index < -0.39 is 78.7 Å². The molecule has 1 rings (SSSR count). The van der Waals surface area contributed by atoms with E-state index in [4.69, 9.17) is 16.6 Å². The second-order valence-electron chi connectivity index (χ2n) is 8.60. The first kappa shape index (κ1) is 31.8. The molecule has 4 amide bonds. The highest BCUT2D eigenvalue weighted by atomic mass is 16.4. The third-order valence-electron chi connectivity index (χ3n) is 5.37. The van der Waals surface area contributed by atoms with E-state index in [1.54, 1.807) is 0 Å². The molecule has 0 bridgehead atoms. The first-order valence-electron chi connectivity index (χ1n) is 11.6. The molecule has 15 nitrogen and oxygen atoms in total. The van der Waals surface area contributed by atoms with Gasteiger partial charge in [0.1, 0.15) is 23.9 Å². The van der Waals surface area contributed by atoms with Gasteiger partial charge in [-0.15, -0.1) is 0 Å². The quantitative estimate of drug-likeness (QED) is 0.104. The van der Waals surface area contributed by atoms with E-state index in [2.05, 4.69) is 16.0 Å². The molecule has 11 N–H and O–H groups in total. The maximum absolute atomic E-state index is 12.9. The number of hydrogen-bond donors (Lipinski definition) is 9. The SMILES string of the molecule is CC(O)C(NC(=O)C(N)CCC(N)=O)C(=O)NC(CCC(=O)O)C(=O)NC(Cc1ccc(O)cc1)C(=O)O. The molecule has 0 aliphatic carbocycles. The van der Waals surface area contributed by atoms with Crippen molar-refractivity contribution in [2.45, 2.75) is 69.3 Å². The number of carboxylic acid groups (broad SMARTS) is 2. The number of hydrogen-bond acceptors (Lipinski definition) is 9. The molecule has 38 heavy (non-hydrogen) atoms. The van der Waals surface area contributed by atoms with Crippen molar-refractivity contribution in [2.24, 2.45) is 11.5 Å². The van der Waals surface area contributed by atoms with Crippen LogP contribution in [0, 0.1) is 0 Å². The molecule has 0 saturated carbocycles. The van der Waals surface area contributed by atoms with Gasteiger partial charge >= 0.3 is 11.9 Å². The molecule has 0 aromatic heterocycles. The van der Waals surface area contributed by atoms with Crippen molar-refractivity contribution >= 4 is 35.6 Å². The van der Waals surface area contributed by atoms with E-state index in [0.29, 0.717) is 5.56 Å². The van der Waals surface area contributed by atoms with Crippen LogP contribution in [0.1, 0.15) is 38.2 Å². The van der Waals surface area contributed by atoms with Gasteiger partial charge in [0.2, 0.25) is 23.6 Å². The Morgan fingerprint density at radius 1 is 0.842 bits per heavy atom. The Hall–Kier alpha value is -4.24. The number of phenols is 1. The molecule has 5 atom stereocenters. The average molecular weight is 540 g/mol. The number of aliphatic carboxylic acids is 2. The summed E-state index contributed by atoms with van der Waals surface area (Å²) < 4.78 is 0. The van der Waals surface area contributed by atoms with Gasteiger partial charge in [-0.1, -0.05) is 12.1 Å². The van der Waals surface area contributed by atoms with Crippen LogP contribution in [0.3, 0.4) is 0 Å². The Bertz CT molecular complexity index is 1010. The summed E-state index contributed by atoms with van der Waals surface area (Å²) in [5, 5.41) is 44.7. The van der Waals surface area contributed by atoms with Crippen molar-refractivity contribution in [1.82, 2.24) is 16.0 Å². The minimum absolute atomic E-state index is 0.0466. The van der Waals surface area contributed by atoms with Crippen LogP contribution < -0.4 is 27.4 Å². The number of carbonyl (C=O) groups is 6. The predicted molar refractivity (Wildman–Crippen MR) is 130 cm³/mol. The average Bonchev–Trinajstić information content (AvgIpc) is 2.83. The topological polar surface area (TPSA) is 271 Å². The van der Waals surface area contributed by atoms with E-state index in [-0.39, 0.29) is 25.0 Å². The number of nitrogens with two attached hydrogens (primary N) is 2. The Balaban J connectivity index is 3.00. The van der Waals surface area contributed by atoms with E-state index in [1.165, 1.54) is 31.2 Å². The van der Waals surface area contributed by atoms with Crippen molar-refractivity contribution < 1.29 is 49.2 Å². The molecule has 0 aliphatic rings. The number of primary amides is 1. The highest BCUT2D eigenvalue weighted by Gasteiger charge is 2.32. The standard InChI is InChI=1S/C23H33N5O10/c1-11(29)19(28-20(34)14(24)6-8-17(25)31)22(36)26-15(7-9-18(32)33)21(35)27-16(23(37)38)10-12-2-4-13(30)5-3-12/h2-5,11,14-16,19,29-30H,6-10,24H2,1H3,(H2,25,31)(H,26,36)(H,27,35)(H,28,34)(H,32,33)(H,37,38). The third kappa shape index (κ3) is 11.2. The maximum Gasteiger partial charge on any atom is 0.326 e. The number of benzene rings is 1. The number of carbonyl (C=O) groups excluding carboxylic acids is 4. The highest BCUT2D eigenvalue weighted by Crippen LogP contribution is 2.12. The Morgan fingerprint density at radius 3 is 1.92 bits per heavy atom. The first-order chi connectivity index (χ1) is 17.7. The molecule has 0 spiro atoms. The molecular formula is C23H33N5O10. The smallest absolute Gasteiger partial charge is 0.326 e. The lowest BCUT2D eigenvalue weighted by Crippen LogP contribution is -2.60. The van der Waals surface area contributed by atoms with Crippen molar-refractivity contribution in [3.63, 3.8) is 0 Å². The van der Waals surface area contributed by atoms with Crippen molar-refractivity contribution in [2.75, 3.05) is 0 Å². The summed E-state index contributed by atoms with van der Waals surface area (Å²) in [6.45, 7) is 1.17. The van der Waals surface area contributed by atoms with Gasteiger partial charge < -0.3 is 47.8 Å². The molecule has 0 radical (unpaired) electrons. The maximum atomic E-state index is 12.9. The zero-order valence-electron chi connectivity index (χ0n) is 20.6. The molecule has 0 fully saturated rings. The summed E-state index contributed by atoms with van der Waals surface area (Å²) >= 11 is 0. The number of aliphatic hydroxyl groups excluding tert-OH is 1. The van der Waals surface area contributed by atoms with Crippen LogP contribution in [-0.4, -0.2) is 86.3 Å². The van der Waals surface area contributed by atoms with Gasteiger partial charge in [0.05, 0.1) is 12.1 Å². The van der Waals surface area contributed by atoms with Crippen LogP contribution in [-0.2, 0) is 35.2 Å². The van der Waals surface area contributed by atoms with Crippen LogP contribution >= 0.6 is 0 Å². The first-order valence-corrected chi connectivity index (χ1v) is 11.6. The molecule has 1 aromatic rings. The zero-order chi connectivity index (χ0) is 29.0. The fourth-order valence-corrected chi connectivity index (χ4v) is 3.23. The molecule has 0 saturated heterocycles. The van der Waals surface area contributed by atoms with Crippen molar-refractivity contribution in [3.8, 4) is 5.75 Å². The van der Waals surface area contributed by atoms with Gasteiger partial charge in [0.25, 0.3) is 0 Å². The highest BCUT2D eigenvalue weighted by molar-refractivity contribution is 5.94. The number of aliphatic hydroxyl groups is 1. The predicted octanol–water partition coefficient (Wildman–Crippen LogP) is -2.69. The van der Waals surface area contributed by atoms with Crippen LogP contribution in [0.4, 0.5) is 0 Å². The minimum atomic E-state index is -1.62. The number of amides is 4. The fourth-order valence-electron chi connectivity index (χ4n) is 3.23. The van der Waals surface area contributed by atoms with Gasteiger partial charge in [-0.2, -0.15) is 0 Å². The monoisotopic (exact) mass is 539 g/mol. The summed E-state index contributed by atoms with van der Waals surface area (Å²) in [6, 6.07) is -0.301. The Morgan fingerprint density at radius 2 is 1.42 bits per heavy atom. The van der Waals surface area contributed by atoms with Crippen LogP contribution in [0.2, 0.25) is 0 Å². The lowest BCUT2D eigenvalue weighted by atomic mass is 10.0. The molecule has 1 aromatic carbocycles. The van der Waals surface area contributed by atoms with Crippen LogP contribution in [0.25, 0.3) is 0 Å². The third-order valence-corrected chi connectivity index (χ3v) is 5.37. The van der Waals surface area contributed by atoms with Crippen molar-refractivity contribution in [1.29, 1.82) is 0 Å². The van der Waals surface area contributed by atoms with Gasteiger partial charge in [0.15, 0.2) is 0 Å². The Kier molecular flexibility index (Phi) is 12.6. The van der Waals surface area contributed by atoms with Gasteiger partial charge in [0, 0.05) is 19.3 Å². The van der Waals surface area contributed by atoms with E-state index in [1.807, 2.05) is 0 Å². The normalized spacial score (nSPS) is 14.7. The van der Waals surface area contributed by atoms with E-state index in [0.717, 1.165) is 0 Å². The second-order valence-corrected chi connectivity index (χ2v) is 8.60. The number of aromatic hydroxyl groups is 1. The van der Waals surface area contributed by atoms with E-state index >= 15 is 0 Å². The summed E-state index contributed by atoms with van der Waals surface area (Å²) in [7, 11) is 0. The molecule has 5 unspecified atom stereocenters. The zero-order valence-corrected chi connectivity index (χ0v) is 20.6. The summed E-state index contributed by atoms with van der Waals surface area (Å²) in [5.41, 5.74) is 11.1. The fraction of sp³-hybridized carbons (Fsp3) is 0.478. The summed E-state index contributed by atoms with van der Waals surface area (Å²) in [4.78, 5) is 71.7.